The van der Waals surface area contributed by atoms with Gasteiger partial charge in [-0.2, -0.15) is 0 Å². The van der Waals surface area contributed by atoms with Crippen molar-refractivity contribution < 1.29 is 9.53 Å². The van der Waals surface area contributed by atoms with Gasteiger partial charge in [-0.1, -0.05) is 12.1 Å². The van der Waals surface area contributed by atoms with E-state index in [1.807, 2.05) is 57.3 Å². The maximum atomic E-state index is 11.9. The van der Waals surface area contributed by atoms with Gasteiger partial charge in [0.1, 0.15) is 5.60 Å². The molecule has 0 aliphatic carbocycles. The third kappa shape index (κ3) is 4.73. The molecule has 5 nitrogen and oxygen atoms in total. The highest BCUT2D eigenvalue weighted by molar-refractivity contribution is 7.07. The summed E-state index contributed by atoms with van der Waals surface area (Å²) < 4.78 is 5.29. The summed E-state index contributed by atoms with van der Waals surface area (Å²) in [6.07, 6.45) is -0.469. The van der Waals surface area contributed by atoms with E-state index in [9.17, 15) is 4.79 Å². The number of hydrogen-bond acceptors (Lipinski definition) is 5. The number of carbonyl (C=O) groups is 1. The van der Waals surface area contributed by atoms with Gasteiger partial charge in [-0.3, -0.25) is 5.32 Å². The highest BCUT2D eigenvalue weighted by Gasteiger charge is 2.17. The second-order valence-corrected chi connectivity index (χ2v) is 6.67. The third-order valence-corrected chi connectivity index (χ3v) is 3.43. The number of rotatable bonds is 4. The Morgan fingerprint density at radius 3 is 2.55 bits per heavy atom. The van der Waals surface area contributed by atoms with Gasteiger partial charge < -0.3 is 10.1 Å². The van der Waals surface area contributed by atoms with Crippen molar-refractivity contribution in [1.82, 2.24) is 4.98 Å². The summed E-state index contributed by atoms with van der Waals surface area (Å²) in [5.41, 5.74) is 3.75. The number of thiazole rings is 1. The summed E-state index contributed by atoms with van der Waals surface area (Å²) in [6, 6.07) is 7.57. The second-order valence-electron chi connectivity index (χ2n) is 5.95. The summed E-state index contributed by atoms with van der Waals surface area (Å²) >= 11 is 1.56. The first-order valence-corrected chi connectivity index (χ1v) is 8.03. The van der Waals surface area contributed by atoms with Crippen LogP contribution in [0.25, 0.3) is 0 Å². The lowest BCUT2D eigenvalue weighted by atomic mass is 10.2. The van der Waals surface area contributed by atoms with Gasteiger partial charge in [0, 0.05) is 5.38 Å². The van der Waals surface area contributed by atoms with Crippen molar-refractivity contribution in [2.24, 2.45) is 0 Å². The first kappa shape index (κ1) is 16.3. The maximum Gasteiger partial charge on any atom is 0.412 e. The number of ether oxygens (including phenoxy) is 1. The second kappa shape index (κ2) is 6.79. The Balaban J connectivity index is 2.08. The number of benzene rings is 1. The molecule has 0 aliphatic rings. The van der Waals surface area contributed by atoms with Crippen molar-refractivity contribution in [3.63, 3.8) is 0 Å². The molecule has 1 atom stereocenters. The number of anilines is 2. The minimum atomic E-state index is -0.527. The van der Waals surface area contributed by atoms with E-state index in [1.54, 1.807) is 16.8 Å². The average molecular weight is 319 g/mol. The smallest absolute Gasteiger partial charge is 0.412 e. The molecule has 0 fully saturated rings. The van der Waals surface area contributed by atoms with Crippen LogP contribution in [0.5, 0.6) is 0 Å². The zero-order chi connectivity index (χ0) is 16.2. The van der Waals surface area contributed by atoms with Crippen molar-refractivity contribution in [1.29, 1.82) is 0 Å². The quantitative estimate of drug-likeness (QED) is 0.860. The molecule has 22 heavy (non-hydrogen) atoms. The number of aromatic nitrogens is 1. The van der Waals surface area contributed by atoms with Gasteiger partial charge in [-0.25, -0.2) is 9.78 Å². The molecule has 0 radical (unpaired) electrons. The molecule has 1 heterocycles. The molecule has 2 aromatic rings. The molecule has 0 saturated heterocycles. The Labute approximate surface area is 134 Å². The standard InChI is InChI=1S/C16H21N3O2S/c1-11(14-9-22-10-17-14)18-12-7-5-6-8-13(12)19-15(20)21-16(2,3)4/h5-11,18H,1-4H3,(H,19,20). The molecular formula is C16H21N3O2S. The lowest BCUT2D eigenvalue weighted by Crippen LogP contribution is -2.27. The monoisotopic (exact) mass is 319 g/mol. The highest BCUT2D eigenvalue weighted by atomic mass is 32.1. The van der Waals surface area contributed by atoms with Crippen LogP contribution in [0.2, 0.25) is 0 Å². The zero-order valence-electron chi connectivity index (χ0n) is 13.2. The predicted molar refractivity (Wildman–Crippen MR) is 90.5 cm³/mol. The summed E-state index contributed by atoms with van der Waals surface area (Å²) in [5, 5.41) is 8.13. The highest BCUT2D eigenvalue weighted by Crippen LogP contribution is 2.26. The van der Waals surface area contributed by atoms with Crippen molar-refractivity contribution in [2.75, 3.05) is 10.6 Å². The van der Waals surface area contributed by atoms with Crippen LogP contribution in [-0.4, -0.2) is 16.7 Å². The molecule has 0 spiro atoms. The van der Waals surface area contributed by atoms with Crippen LogP contribution in [0.1, 0.15) is 39.4 Å². The van der Waals surface area contributed by atoms with Crippen LogP contribution in [0.15, 0.2) is 35.2 Å². The molecule has 2 N–H and O–H groups in total. The fourth-order valence-electron chi connectivity index (χ4n) is 1.87. The SMILES string of the molecule is CC(Nc1ccccc1NC(=O)OC(C)(C)C)c1cscn1. The number of amides is 1. The minimum absolute atomic E-state index is 0.0489. The van der Waals surface area contributed by atoms with Crippen LogP contribution in [0, 0.1) is 0 Å². The van der Waals surface area contributed by atoms with Gasteiger partial charge in [-0.05, 0) is 39.8 Å². The van der Waals surface area contributed by atoms with Crippen molar-refractivity contribution in [3.8, 4) is 0 Å². The molecular weight excluding hydrogens is 298 g/mol. The Kier molecular flexibility index (Phi) is 5.03. The fourth-order valence-corrected chi connectivity index (χ4v) is 2.52. The van der Waals surface area contributed by atoms with E-state index < -0.39 is 11.7 Å². The molecule has 1 aromatic heterocycles. The predicted octanol–water partition coefficient (Wildman–Crippen LogP) is 4.66. The third-order valence-electron chi connectivity index (χ3n) is 2.83. The van der Waals surface area contributed by atoms with Crippen LogP contribution < -0.4 is 10.6 Å². The molecule has 0 saturated carbocycles. The number of nitrogens with zero attached hydrogens (tertiary/aromatic N) is 1. The molecule has 1 amide bonds. The normalized spacial score (nSPS) is 12.5. The van der Waals surface area contributed by atoms with Crippen LogP contribution in [0.3, 0.4) is 0 Å². The van der Waals surface area contributed by atoms with Crippen LogP contribution in [0.4, 0.5) is 16.2 Å². The molecule has 6 heteroatoms. The summed E-state index contributed by atoms with van der Waals surface area (Å²) in [4.78, 5) is 16.2. The summed E-state index contributed by atoms with van der Waals surface area (Å²) in [7, 11) is 0. The van der Waals surface area contributed by atoms with E-state index in [4.69, 9.17) is 4.74 Å². The maximum absolute atomic E-state index is 11.9. The van der Waals surface area contributed by atoms with E-state index >= 15 is 0 Å². The molecule has 1 aromatic carbocycles. The number of hydrogen-bond donors (Lipinski definition) is 2. The Morgan fingerprint density at radius 2 is 1.95 bits per heavy atom. The Morgan fingerprint density at radius 1 is 1.27 bits per heavy atom. The van der Waals surface area contributed by atoms with Gasteiger partial charge in [0.15, 0.2) is 0 Å². The number of para-hydroxylation sites is 2. The zero-order valence-corrected chi connectivity index (χ0v) is 14.0. The number of nitrogens with one attached hydrogen (secondary N) is 2. The van der Waals surface area contributed by atoms with E-state index in [0.717, 1.165) is 11.4 Å². The Hall–Kier alpha value is -2.08. The molecule has 1 unspecified atom stereocenters. The van der Waals surface area contributed by atoms with E-state index in [0.29, 0.717) is 5.69 Å². The van der Waals surface area contributed by atoms with Gasteiger partial charge in [0.05, 0.1) is 28.6 Å². The van der Waals surface area contributed by atoms with Gasteiger partial charge in [0.25, 0.3) is 0 Å². The van der Waals surface area contributed by atoms with E-state index in [-0.39, 0.29) is 6.04 Å². The largest absolute Gasteiger partial charge is 0.444 e. The van der Waals surface area contributed by atoms with Gasteiger partial charge >= 0.3 is 6.09 Å². The lowest BCUT2D eigenvalue weighted by molar-refractivity contribution is 0.0636. The minimum Gasteiger partial charge on any atom is -0.444 e. The fraction of sp³-hybridized carbons (Fsp3) is 0.375. The van der Waals surface area contributed by atoms with Crippen molar-refractivity contribution in [2.45, 2.75) is 39.3 Å². The van der Waals surface area contributed by atoms with Crippen molar-refractivity contribution >= 4 is 28.8 Å². The molecule has 2 rings (SSSR count). The number of carbonyl (C=O) groups excluding carboxylic acids is 1. The van der Waals surface area contributed by atoms with Gasteiger partial charge in [-0.15, -0.1) is 11.3 Å². The van der Waals surface area contributed by atoms with Crippen LogP contribution in [-0.2, 0) is 4.74 Å². The Bertz CT molecular complexity index is 621. The van der Waals surface area contributed by atoms with Crippen molar-refractivity contribution in [3.05, 3.63) is 40.8 Å². The molecule has 0 aliphatic heterocycles. The van der Waals surface area contributed by atoms with E-state index in [1.165, 1.54) is 0 Å². The lowest BCUT2D eigenvalue weighted by Gasteiger charge is -2.21. The summed E-state index contributed by atoms with van der Waals surface area (Å²) in [5.74, 6) is 0. The molecule has 0 bridgehead atoms. The first-order chi connectivity index (χ1) is 10.3. The van der Waals surface area contributed by atoms with Crippen LogP contribution >= 0.6 is 11.3 Å². The summed E-state index contributed by atoms with van der Waals surface area (Å²) in [6.45, 7) is 7.53. The van der Waals surface area contributed by atoms with Gasteiger partial charge in [0.2, 0.25) is 0 Å². The first-order valence-electron chi connectivity index (χ1n) is 7.09. The average Bonchev–Trinajstić information content (AvgIpc) is 2.92. The van der Waals surface area contributed by atoms with E-state index in [2.05, 4.69) is 15.6 Å². The molecule has 118 valence electrons. The topological polar surface area (TPSA) is 63.2 Å².